The normalized spacial score (nSPS) is 41.4. The zero-order valence-corrected chi connectivity index (χ0v) is 8.32. The van der Waals surface area contributed by atoms with Gasteiger partial charge in [0.25, 0.3) is 0 Å². The van der Waals surface area contributed by atoms with E-state index in [1.165, 1.54) is 25.7 Å². The van der Waals surface area contributed by atoms with E-state index in [1.807, 2.05) is 0 Å². The van der Waals surface area contributed by atoms with Crippen molar-refractivity contribution in [1.82, 2.24) is 0 Å². The minimum atomic E-state index is 0.0978. The SMILES string of the molecule is O=C1C2C=CC1C(OC1CCCC1)C2. The van der Waals surface area contributed by atoms with E-state index in [4.69, 9.17) is 4.74 Å². The van der Waals surface area contributed by atoms with E-state index in [2.05, 4.69) is 12.2 Å². The summed E-state index contributed by atoms with van der Waals surface area (Å²) in [6.07, 6.45) is 10.7. The van der Waals surface area contributed by atoms with Gasteiger partial charge < -0.3 is 4.74 Å². The van der Waals surface area contributed by atoms with Gasteiger partial charge in [0.2, 0.25) is 0 Å². The molecule has 2 heteroatoms. The first-order chi connectivity index (χ1) is 6.84. The molecule has 3 atom stereocenters. The quantitative estimate of drug-likeness (QED) is 0.626. The van der Waals surface area contributed by atoms with Crippen LogP contribution in [-0.4, -0.2) is 18.0 Å². The number of carbonyl (C=O) groups is 1. The summed E-state index contributed by atoms with van der Waals surface area (Å²) in [5, 5.41) is 0. The molecule has 0 heterocycles. The van der Waals surface area contributed by atoms with Gasteiger partial charge in [0.05, 0.1) is 18.1 Å². The molecule has 3 unspecified atom stereocenters. The van der Waals surface area contributed by atoms with Crippen molar-refractivity contribution in [3.63, 3.8) is 0 Å². The Bertz CT molecular complexity index is 276. The topological polar surface area (TPSA) is 26.3 Å². The van der Waals surface area contributed by atoms with E-state index in [0.29, 0.717) is 11.9 Å². The second-order valence-corrected chi connectivity index (χ2v) is 4.74. The number of fused-ring (bicyclic) bond motifs is 2. The average molecular weight is 192 g/mol. The molecule has 0 aromatic heterocycles. The summed E-state index contributed by atoms with van der Waals surface area (Å²) < 4.78 is 6.00. The molecule has 0 aliphatic heterocycles. The van der Waals surface area contributed by atoms with Crippen LogP contribution in [-0.2, 0) is 9.53 Å². The van der Waals surface area contributed by atoms with E-state index >= 15 is 0 Å². The maximum Gasteiger partial charge on any atom is 0.149 e. The number of carbonyl (C=O) groups excluding carboxylic acids is 1. The van der Waals surface area contributed by atoms with Crippen molar-refractivity contribution in [2.24, 2.45) is 11.8 Å². The van der Waals surface area contributed by atoms with Gasteiger partial charge in [0, 0.05) is 5.92 Å². The fourth-order valence-corrected chi connectivity index (χ4v) is 3.00. The maximum atomic E-state index is 11.6. The highest BCUT2D eigenvalue weighted by Gasteiger charge is 2.45. The molecule has 3 aliphatic rings. The lowest BCUT2D eigenvalue weighted by Gasteiger charge is -2.21. The summed E-state index contributed by atoms with van der Waals surface area (Å²) in [5.74, 6) is 0.681. The zero-order chi connectivity index (χ0) is 9.54. The molecule has 76 valence electrons. The van der Waals surface area contributed by atoms with Crippen LogP contribution >= 0.6 is 0 Å². The average Bonchev–Trinajstić information content (AvgIpc) is 2.85. The smallest absolute Gasteiger partial charge is 0.149 e. The molecule has 0 amide bonds. The first-order valence-electron chi connectivity index (χ1n) is 5.72. The van der Waals surface area contributed by atoms with Gasteiger partial charge in [-0.1, -0.05) is 25.0 Å². The number of ether oxygens (including phenoxy) is 1. The second-order valence-electron chi connectivity index (χ2n) is 4.74. The van der Waals surface area contributed by atoms with E-state index in [9.17, 15) is 4.79 Å². The fraction of sp³-hybridized carbons (Fsp3) is 0.750. The minimum Gasteiger partial charge on any atom is -0.374 e. The number of hydrogen-bond acceptors (Lipinski definition) is 2. The predicted octanol–water partition coefficient (Wildman–Crippen LogP) is 2.09. The van der Waals surface area contributed by atoms with Crippen LogP contribution < -0.4 is 0 Å². The highest BCUT2D eigenvalue weighted by molar-refractivity contribution is 5.92. The standard InChI is InChI=1S/C12H16O2/c13-12-8-5-6-10(12)11(7-8)14-9-3-1-2-4-9/h5-6,8-11H,1-4,7H2. The molecule has 2 saturated carbocycles. The van der Waals surface area contributed by atoms with Crippen LogP contribution in [0.3, 0.4) is 0 Å². The minimum absolute atomic E-state index is 0.0978. The molecule has 0 aromatic rings. The molecule has 0 spiro atoms. The number of ketones is 1. The summed E-state index contributed by atoms with van der Waals surface area (Å²) in [5.41, 5.74) is 0. The van der Waals surface area contributed by atoms with Gasteiger partial charge >= 0.3 is 0 Å². The third-order valence-corrected chi connectivity index (χ3v) is 3.80. The molecule has 0 radical (unpaired) electrons. The molecular weight excluding hydrogens is 176 g/mol. The summed E-state index contributed by atoms with van der Waals surface area (Å²) >= 11 is 0. The molecular formula is C12H16O2. The highest BCUT2D eigenvalue weighted by atomic mass is 16.5. The third-order valence-electron chi connectivity index (χ3n) is 3.80. The molecule has 14 heavy (non-hydrogen) atoms. The predicted molar refractivity (Wildman–Crippen MR) is 52.9 cm³/mol. The zero-order valence-electron chi connectivity index (χ0n) is 8.32. The fourth-order valence-electron chi connectivity index (χ4n) is 3.00. The summed E-state index contributed by atoms with van der Waals surface area (Å²) in [6, 6.07) is 0. The van der Waals surface area contributed by atoms with Gasteiger partial charge in [-0.15, -0.1) is 0 Å². The van der Waals surface area contributed by atoms with Crippen LogP contribution in [0.1, 0.15) is 32.1 Å². The number of hydrogen-bond donors (Lipinski definition) is 0. The van der Waals surface area contributed by atoms with Gasteiger partial charge in [-0.2, -0.15) is 0 Å². The van der Waals surface area contributed by atoms with E-state index in [-0.39, 0.29) is 17.9 Å². The Balaban J connectivity index is 1.64. The number of rotatable bonds is 2. The summed E-state index contributed by atoms with van der Waals surface area (Å²) in [7, 11) is 0. The Morgan fingerprint density at radius 1 is 1.21 bits per heavy atom. The van der Waals surface area contributed by atoms with Crippen molar-refractivity contribution >= 4 is 5.78 Å². The Hall–Kier alpha value is -0.630. The van der Waals surface area contributed by atoms with E-state index in [0.717, 1.165) is 6.42 Å². The molecule has 0 saturated heterocycles. The molecule has 3 aliphatic carbocycles. The molecule has 3 rings (SSSR count). The molecule has 0 aromatic carbocycles. The lowest BCUT2D eigenvalue weighted by Crippen LogP contribution is -2.25. The first-order valence-corrected chi connectivity index (χ1v) is 5.72. The van der Waals surface area contributed by atoms with Gasteiger partial charge in [-0.3, -0.25) is 4.79 Å². The Morgan fingerprint density at radius 2 is 2.00 bits per heavy atom. The van der Waals surface area contributed by atoms with Gasteiger partial charge in [0.1, 0.15) is 5.78 Å². The summed E-state index contributed by atoms with van der Waals surface area (Å²) in [4.78, 5) is 11.6. The number of Topliss-reactive ketones (excluding diaryl/α,β-unsaturated/α-hetero) is 1. The maximum absolute atomic E-state index is 11.6. The largest absolute Gasteiger partial charge is 0.374 e. The van der Waals surface area contributed by atoms with Crippen molar-refractivity contribution in [3.8, 4) is 0 Å². The molecule has 2 fully saturated rings. The Kier molecular flexibility index (Phi) is 1.98. The monoisotopic (exact) mass is 192 g/mol. The lowest BCUT2D eigenvalue weighted by atomic mass is 10.0. The Labute approximate surface area is 84.3 Å². The lowest BCUT2D eigenvalue weighted by molar-refractivity contribution is -0.122. The van der Waals surface area contributed by atoms with E-state index < -0.39 is 0 Å². The van der Waals surface area contributed by atoms with Crippen molar-refractivity contribution in [2.75, 3.05) is 0 Å². The van der Waals surface area contributed by atoms with Crippen LogP contribution in [0, 0.1) is 11.8 Å². The molecule has 2 bridgehead atoms. The van der Waals surface area contributed by atoms with Crippen molar-refractivity contribution in [1.29, 1.82) is 0 Å². The highest BCUT2D eigenvalue weighted by Crippen LogP contribution is 2.39. The van der Waals surface area contributed by atoms with Crippen molar-refractivity contribution < 1.29 is 9.53 Å². The van der Waals surface area contributed by atoms with Crippen LogP contribution in [0.4, 0.5) is 0 Å². The Morgan fingerprint density at radius 3 is 2.57 bits per heavy atom. The van der Waals surface area contributed by atoms with Crippen LogP contribution in [0.5, 0.6) is 0 Å². The van der Waals surface area contributed by atoms with Crippen LogP contribution in [0.15, 0.2) is 12.2 Å². The summed E-state index contributed by atoms with van der Waals surface area (Å²) in [6.45, 7) is 0. The number of allylic oxidation sites excluding steroid dienone is 1. The third kappa shape index (κ3) is 1.24. The first kappa shape index (κ1) is 8.66. The second kappa shape index (κ2) is 3.20. The molecule has 2 nitrogen and oxygen atoms in total. The van der Waals surface area contributed by atoms with Crippen LogP contribution in [0.25, 0.3) is 0 Å². The van der Waals surface area contributed by atoms with Crippen LogP contribution in [0.2, 0.25) is 0 Å². The van der Waals surface area contributed by atoms with Gasteiger partial charge in [-0.25, -0.2) is 0 Å². The van der Waals surface area contributed by atoms with Crippen molar-refractivity contribution in [2.45, 2.75) is 44.3 Å². The van der Waals surface area contributed by atoms with Gasteiger partial charge in [-0.05, 0) is 19.3 Å². The van der Waals surface area contributed by atoms with Gasteiger partial charge in [0.15, 0.2) is 0 Å². The van der Waals surface area contributed by atoms with Crippen molar-refractivity contribution in [3.05, 3.63) is 12.2 Å². The van der Waals surface area contributed by atoms with E-state index in [1.54, 1.807) is 0 Å². The molecule has 0 N–H and O–H groups in total.